The van der Waals surface area contributed by atoms with Gasteiger partial charge in [-0.25, -0.2) is 0 Å². The highest BCUT2D eigenvalue weighted by atomic mass is 16.5. The van der Waals surface area contributed by atoms with Crippen molar-refractivity contribution >= 4 is 0 Å². The predicted molar refractivity (Wildman–Crippen MR) is 80.1 cm³/mol. The lowest BCUT2D eigenvalue weighted by Crippen LogP contribution is -2.35. The van der Waals surface area contributed by atoms with Gasteiger partial charge in [0, 0.05) is 12.6 Å². The Balaban J connectivity index is 2.45. The molecule has 1 N–H and O–H groups in total. The van der Waals surface area contributed by atoms with Crippen LogP contribution in [0.2, 0.25) is 0 Å². The van der Waals surface area contributed by atoms with Crippen molar-refractivity contribution in [2.24, 2.45) is 0 Å². The van der Waals surface area contributed by atoms with Gasteiger partial charge in [0.15, 0.2) is 11.5 Å². The molecule has 0 saturated carbocycles. The standard InChI is InChI=1S/C16H27NO2/c1-5-9-13(3)17-12-14(4)19-16-11-8-7-10-15(16)18-6-2/h7-8,10-11,13-14,17H,5-6,9,12H2,1-4H3. The first kappa shape index (κ1) is 15.8. The van der Waals surface area contributed by atoms with Gasteiger partial charge in [-0.2, -0.15) is 0 Å². The van der Waals surface area contributed by atoms with E-state index in [0.29, 0.717) is 12.6 Å². The number of hydrogen-bond donors (Lipinski definition) is 1. The van der Waals surface area contributed by atoms with Gasteiger partial charge in [0.1, 0.15) is 6.10 Å². The van der Waals surface area contributed by atoms with E-state index in [1.54, 1.807) is 0 Å². The Hall–Kier alpha value is -1.22. The molecule has 2 atom stereocenters. The minimum atomic E-state index is 0.126. The van der Waals surface area contributed by atoms with Crippen molar-refractivity contribution < 1.29 is 9.47 Å². The first-order valence-electron chi connectivity index (χ1n) is 7.29. The van der Waals surface area contributed by atoms with E-state index in [0.717, 1.165) is 18.0 Å². The average Bonchev–Trinajstić information content (AvgIpc) is 2.39. The lowest BCUT2D eigenvalue weighted by molar-refractivity contribution is 0.199. The molecule has 19 heavy (non-hydrogen) atoms. The maximum absolute atomic E-state index is 5.94. The smallest absolute Gasteiger partial charge is 0.161 e. The summed E-state index contributed by atoms with van der Waals surface area (Å²) in [5.74, 6) is 1.64. The number of ether oxygens (including phenoxy) is 2. The SMILES string of the molecule is CCCC(C)NCC(C)Oc1ccccc1OCC. The van der Waals surface area contributed by atoms with E-state index in [1.807, 2.05) is 31.2 Å². The van der Waals surface area contributed by atoms with E-state index in [1.165, 1.54) is 12.8 Å². The number of rotatable bonds is 9. The third-order valence-electron chi connectivity index (χ3n) is 2.95. The first-order valence-corrected chi connectivity index (χ1v) is 7.29. The third kappa shape index (κ3) is 5.97. The lowest BCUT2D eigenvalue weighted by atomic mass is 10.2. The molecule has 0 saturated heterocycles. The van der Waals surface area contributed by atoms with Crippen LogP contribution in [0.4, 0.5) is 0 Å². The second-order valence-electron chi connectivity index (χ2n) is 4.91. The van der Waals surface area contributed by atoms with Gasteiger partial charge < -0.3 is 14.8 Å². The molecular formula is C16H27NO2. The van der Waals surface area contributed by atoms with E-state index in [4.69, 9.17) is 9.47 Å². The molecule has 3 heteroatoms. The van der Waals surface area contributed by atoms with Crippen LogP contribution in [-0.4, -0.2) is 25.3 Å². The molecule has 1 aromatic rings. The number of para-hydroxylation sites is 2. The molecule has 0 radical (unpaired) electrons. The van der Waals surface area contributed by atoms with Crippen LogP contribution in [0.1, 0.15) is 40.5 Å². The number of benzene rings is 1. The van der Waals surface area contributed by atoms with E-state index in [9.17, 15) is 0 Å². The van der Waals surface area contributed by atoms with Crippen molar-refractivity contribution in [3.05, 3.63) is 24.3 Å². The predicted octanol–water partition coefficient (Wildman–Crippen LogP) is 3.63. The Bertz CT molecular complexity index is 354. The van der Waals surface area contributed by atoms with E-state index in [-0.39, 0.29) is 6.10 Å². The normalized spacial score (nSPS) is 13.9. The zero-order chi connectivity index (χ0) is 14.1. The summed E-state index contributed by atoms with van der Waals surface area (Å²) in [5.41, 5.74) is 0. The van der Waals surface area contributed by atoms with Crippen LogP contribution in [0.3, 0.4) is 0 Å². The average molecular weight is 265 g/mol. The van der Waals surface area contributed by atoms with Crippen LogP contribution in [0.25, 0.3) is 0 Å². The summed E-state index contributed by atoms with van der Waals surface area (Å²) >= 11 is 0. The molecule has 0 aromatic heterocycles. The molecule has 0 heterocycles. The molecule has 0 bridgehead atoms. The molecule has 1 rings (SSSR count). The highest BCUT2D eigenvalue weighted by molar-refractivity contribution is 5.39. The fraction of sp³-hybridized carbons (Fsp3) is 0.625. The van der Waals surface area contributed by atoms with Gasteiger partial charge in [-0.3, -0.25) is 0 Å². The third-order valence-corrected chi connectivity index (χ3v) is 2.95. The van der Waals surface area contributed by atoms with Crippen LogP contribution >= 0.6 is 0 Å². The summed E-state index contributed by atoms with van der Waals surface area (Å²) in [6.45, 7) is 9.98. The minimum Gasteiger partial charge on any atom is -0.490 e. The Labute approximate surface area is 117 Å². The van der Waals surface area contributed by atoms with Crippen molar-refractivity contribution in [1.29, 1.82) is 0 Å². The van der Waals surface area contributed by atoms with Crippen LogP contribution in [0.15, 0.2) is 24.3 Å². The maximum Gasteiger partial charge on any atom is 0.161 e. The fourth-order valence-corrected chi connectivity index (χ4v) is 1.98. The van der Waals surface area contributed by atoms with Crippen LogP contribution in [-0.2, 0) is 0 Å². The van der Waals surface area contributed by atoms with Gasteiger partial charge in [0.05, 0.1) is 6.61 Å². The highest BCUT2D eigenvalue weighted by Gasteiger charge is 2.09. The number of hydrogen-bond acceptors (Lipinski definition) is 3. The van der Waals surface area contributed by atoms with Crippen molar-refractivity contribution in [3.63, 3.8) is 0 Å². The zero-order valence-corrected chi connectivity index (χ0v) is 12.6. The molecule has 0 amide bonds. The molecule has 108 valence electrons. The van der Waals surface area contributed by atoms with Crippen LogP contribution in [0, 0.1) is 0 Å². The van der Waals surface area contributed by atoms with Gasteiger partial charge in [-0.15, -0.1) is 0 Å². The van der Waals surface area contributed by atoms with Crippen LogP contribution in [0.5, 0.6) is 11.5 Å². The largest absolute Gasteiger partial charge is 0.490 e. The van der Waals surface area contributed by atoms with Crippen molar-refractivity contribution in [1.82, 2.24) is 5.32 Å². The summed E-state index contributed by atoms with van der Waals surface area (Å²) in [4.78, 5) is 0. The Morgan fingerprint density at radius 2 is 1.79 bits per heavy atom. The molecule has 2 unspecified atom stereocenters. The van der Waals surface area contributed by atoms with Crippen LogP contribution < -0.4 is 14.8 Å². The molecular weight excluding hydrogens is 238 g/mol. The molecule has 0 fully saturated rings. The van der Waals surface area contributed by atoms with E-state index < -0.39 is 0 Å². The lowest BCUT2D eigenvalue weighted by Gasteiger charge is -2.20. The zero-order valence-electron chi connectivity index (χ0n) is 12.6. The Morgan fingerprint density at radius 1 is 1.11 bits per heavy atom. The van der Waals surface area contributed by atoms with Gasteiger partial charge >= 0.3 is 0 Å². The fourth-order valence-electron chi connectivity index (χ4n) is 1.98. The van der Waals surface area contributed by atoms with E-state index in [2.05, 4.69) is 26.1 Å². The highest BCUT2D eigenvalue weighted by Crippen LogP contribution is 2.27. The molecule has 3 nitrogen and oxygen atoms in total. The van der Waals surface area contributed by atoms with Crippen molar-refractivity contribution in [3.8, 4) is 11.5 Å². The van der Waals surface area contributed by atoms with Gasteiger partial charge in [0.2, 0.25) is 0 Å². The maximum atomic E-state index is 5.94. The second kappa shape index (κ2) is 8.81. The molecule has 0 aliphatic carbocycles. The molecule has 0 spiro atoms. The second-order valence-corrected chi connectivity index (χ2v) is 4.91. The summed E-state index contributed by atoms with van der Waals surface area (Å²) in [6, 6.07) is 8.37. The van der Waals surface area contributed by atoms with Crippen molar-refractivity contribution in [2.45, 2.75) is 52.7 Å². The summed E-state index contributed by atoms with van der Waals surface area (Å²) in [5, 5.41) is 3.49. The molecule has 0 aliphatic rings. The molecule has 0 aliphatic heterocycles. The Morgan fingerprint density at radius 3 is 2.42 bits per heavy atom. The summed E-state index contributed by atoms with van der Waals surface area (Å²) in [7, 11) is 0. The van der Waals surface area contributed by atoms with Gasteiger partial charge in [-0.05, 0) is 39.3 Å². The van der Waals surface area contributed by atoms with Gasteiger partial charge in [-0.1, -0.05) is 25.5 Å². The molecule has 1 aromatic carbocycles. The summed E-state index contributed by atoms with van der Waals surface area (Å²) < 4.78 is 11.5. The summed E-state index contributed by atoms with van der Waals surface area (Å²) in [6.07, 6.45) is 2.53. The Kier molecular flexibility index (Phi) is 7.34. The number of nitrogens with one attached hydrogen (secondary N) is 1. The minimum absolute atomic E-state index is 0.126. The van der Waals surface area contributed by atoms with Crippen molar-refractivity contribution in [2.75, 3.05) is 13.2 Å². The quantitative estimate of drug-likeness (QED) is 0.739. The monoisotopic (exact) mass is 265 g/mol. The van der Waals surface area contributed by atoms with Gasteiger partial charge in [0.25, 0.3) is 0 Å². The topological polar surface area (TPSA) is 30.5 Å². The van der Waals surface area contributed by atoms with E-state index >= 15 is 0 Å². The first-order chi connectivity index (χ1) is 9.17.